The lowest BCUT2D eigenvalue weighted by Gasteiger charge is -2.09. The van der Waals surface area contributed by atoms with Gasteiger partial charge in [0.2, 0.25) is 5.91 Å². The van der Waals surface area contributed by atoms with E-state index >= 15 is 0 Å². The van der Waals surface area contributed by atoms with Crippen molar-refractivity contribution in [2.24, 2.45) is 0 Å². The van der Waals surface area contributed by atoms with Crippen molar-refractivity contribution in [2.45, 2.75) is 6.92 Å². The van der Waals surface area contributed by atoms with Crippen LogP contribution in [-0.4, -0.2) is 18.9 Å². The highest BCUT2D eigenvalue weighted by molar-refractivity contribution is 9.11. The zero-order valence-corrected chi connectivity index (χ0v) is 20.1. The minimum atomic E-state index is -0.283. The van der Waals surface area contributed by atoms with Gasteiger partial charge in [-0.25, -0.2) is 0 Å². The predicted octanol–water partition coefficient (Wildman–Crippen LogP) is 6.43. The zero-order valence-electron chi connectivity index (χ0n) is 16.9. The number of methoxy groups -OCH3 is 1. The summed E-state index contributed by atoms with van der Waals surface area (Å²) in [6.45, 7) is 1.94. The van der Waals surface area contributed by atoms with Crippen LogP contribution >= 0.6 is 31.9 Å². The van der Waals surface area contributed by atoms with Gasteiger partial charge in [-0.2, -0.15) is 0 Å². The van der Waals surface area contributed by atoms with Gasteiger partial charge in [-0.05, 0) is 77.5 Å². The first-order chi connectivity index (χ1) is 14.9. The van der Waals surface area contributed by atoms with Crippen molar-refractivity contribution in [1.29, 1.82) is 0 Å². The molecule has 2 N–H and O–H groups in total. The number of rotatable bonds is 6. The molecule has 0 aliphatic heterocycles. The third-order valence-electron chi connectivity index (χ3n) is 4.35. The Kier molecular flexibility index (Phi) is 7.65. The minimum Gasteiger partial charge on any atom is -0.495 e. The number of anilines is 2. The lowest BCUT2D eigenvalue weighted by molar-refractivity contribution is -0.111. The monoisotopic (exact) mass is 542 g/mol. The van der Waals surface area contributed by atoms with Gasteiger partial charge in [0, 0.05) is 33.1 Å². The van der Waals surface area contributed by atoms with Crippen LogP contribution in [0.5, 0.6) is 5.75 Å². The fourth-order valence-corrected chi connectivity index (χ4v) is 4.32. The molecule has 0 aromatic heterocycles. The molecule has 31 heavy (non-hydrogen) atoms. The lowest BCUT2D eigenvalue weighted by atomic mass is 10.1. The molecule has 3 aromatic carbocycles. The van der Waals surface area contributed by atoms with Crippen LogP contribution in [-0.2, 0) is 4.79 Å². The van der Waals surface area contributed by atoms with Crippen LogP contribution in [0.3, 0.4) is 0 Å². The molecule has 0 unspecified atom stereocenters. The fraction of sp³-hybridized carbons (Fsp3) is 0.0833. The van der Waals surface area contributed by atoms with E-state index in [1.165, 1.54) is 6.08 Å². The molecule has 2 amide bonds. The average molecular weight is 544 g/mol. The van der Waals surface area contributed by atoms with Gasteiger partial charge in [-0.1, -0.05) is 33.6 Å². The molecule has 0 saturated carbocycles. The second kappa shape index (κ2) is 10.4. The Morgan fingerprint density at radius 2 is 1.61 bits per heavy atom. The van der Waals surface area contributed by atoms with E-state index < -0.39 is 0 Å². The number of nitrogens with one attached hydrogen (secondary N) is 2. The number of hydrogen-bond acceptors (Lipinski definition) is 3. The Hall–Kier alpha value is -2.90. The number of carbonyl (C=O) groups is 2. The highest BCUT2D eigenvalue weighted by atomic mass is 79.9. The van der Waals surface area contributed by atoms with E-state index in [4.69, 9.17) is 4.74 Å². The Balaban J connectivity index is 1.63. The van der Waals surface area contributed by atoms with Crippen LogP contribution in [0.2, 0.25) is 0 Å². The van der Waals surface area contributed by atoms with E-state index in [-0.39, 0.29) is 11.8 Å². The Morgan fingerprint density at radius 1 is 0.935 bits per heavy atom. The van der Waals surface area contributed by atoms with Gasteiger partial charge in [0.05, 0.1) is 11.6 Å². The topological polar surface area (TPSA) is 67.4 Å². The summed E-state index contributed by atoms with van der Waals surface area (Å²) in [6, 6.07) is 18.0. The molecule has 0 radical (unpaired) electrons. The van der Waals surface area contributed by atoms with Crippen molar-refractivity contribution in [3.63, 3.8) is 0 Å². The van der Waals surface area contributed by atoms with Crippen molar-refractivity contribution < 1.29 is 14.3 Å². The SMILES string of the molecule is COc1c(Br)cc(Br)cc1/C=C/C(=O)Nc1ccc(NC(=O)c2cccc(C)c2)cc1. The normalized spacial score (nSPS) is 10.7. The maximum atomic E-state index is 12.3. The van der Waals surface area contributed by atoms with Gasteiger partial charge < -0.3 is 15.4 Å². The molecule has 0 fully saturated rings. The van der Waals surface area contributed by atoms with E-state index in [9.17, 15) is 9.59 Å². The van der Waals surface area contributed by atoms with Gasteiger partial charge in [0.1, 0.15) is 5.75 Å². The highest BCUT2D eigenvalue weighted by Crippen LogP contribution is 2.33. The van der Waals surface area contributed by atoms with Crippen molar-refractivity contribution in [2.75, 3.05) is 17.7 Å². The van der Waals surface area contributed by atoms with Gasteiger partial charge in [-0.15, -0.1) is 0 Å². The van der Waals surface area contributed by atoms with E-state index in [1.807, 2.05) is 37.3 Å². The first kappa shape index (κ1) is 22.8. The number of benzene rings is 3. The van der Waals surface area contributed by atoms with Crippen LogP contribution in [0.1, 0.15) is 21.5 Å². The standard InChI is InChI=1S/C24H20Br2N2O3/c1-15-4-3-5-17(12-15)24(30)28-20-9-7-19(8-10-20)27-22(29)11-6-16-13-18(25)14-21(26)23(16)31-2/h3-14H,1-2H3,(H,27,29)(H,28,30)/b11-6+. The van der Waals surface area contributed by atoms with Crippen molar-refractivity contribution in [3.05, 3.63) is 92.4 Å². The van der Waals surface area contributed by atoms with Crippen LogP contribution in [0.25, 0.3) is 6.08 Å². The molecule has 0 atom stereocenters. The first-order valence-electron chi connectivity index (χ1n) is 9.36. The lowest BCUT2D eigenvalue weighted by Crippen LogP contribution is -2.12. The molecule has 0 bridgehead atoms. The summed E-state index contributed by atoms with van der Waals surface area (Å²) < 4.78 is 7.03. The van der Waals surface area contributed by atoms with Crippen LogP contribution in [0, 0.1) is 6.92 Å². The van der Waals surface area contributed by atoms with E-state index in [2.05, 4.69) is 42.5 Å². The minimum absolute atomic E-state index is 0.183. The number of amides is 2. The molecule has 0 heterocycles. The Morgan fingerprint density at radius 3 is 2.26 bits per heavy atom. The van der Waals surface area contributed by atoms with Crippen LogP contribution in [0.15, 0.2) is 75.7 Å². The summed E-state index contributed by atoms with van der Waals surface area (Å²) in [6.07, 6.45) is 3.12. The Labute approximate surface area is 197 Å². The summed E-state index contributed by atoms with van der Waals surface area (Å²) >= 11 is 6.87. The molecule has 0 spiro atoms. The van der Waals surface area contributed by atoms with E-state index in [0.717, 1.165) is 20.1 Å². The third kappa shape index (κ3) is 6.29. The predicted molar refractivity (Wildman–Crippen MR) is 132 cm³/mol. The van der Waals surface area contributed by atoms with Crippen molar-refractivity contribution >= 4 is 61.1 Å². The number of carbonyl (C=O) groups excluding carboxylic acids is 2. The van der Waals surface area contributed by atoms with Gasteiger partial charge in [0.15, 0.2) is 0 Å². The molecule has 0 aliphatic carbocycles. The smallest absolute Gasteiger partial charge is 0.255 e. The number of ether oxygens (including phenoxy) is 1. The first-order valence-corrected chi connectivity index (χ1v) is 10.9. The molecule has 0 aliphatic rings. The average Bonchev–Trinajstić information content (AvgIpc) is 2.73. The van der Waals surface area contributed by atoms with E-state index in [1.54, 1.807) is 43.5 Å². The molecule has 5 nitrogen and oxygen atoms in total. The van der Waals surface area contributed by atoms with Gasteiger partial charge in [-0.3, -0.25) is 9.59 Å². The highest BCUT2D eigenvalue weighted by Gasteiger charge is 2.08. The third-order valence-corrected chi connectivity index (χ3v) is 5.39. The summed E-state index contributed by atoms with van der Waals surface area (Å²) in [5, 5.41) is 5.64. The fourth-order valence-electron chi connectivity index (χ4n) is 2.90. The quantitative estimate of drug-likeness (QED) is 0.352. The second-order valence-corrected chi connectivity index (χ2v) is 8.50. The molecule has 158 valence electrons. The summed E-state index contributed by atoms with van der Waals surface area (Å²) in [4.78, 5) is 24.6. The zero-order chi connectivity index (χ0) is 22.4. The van der Waals surface area contributed by atoms with Crippen LogP contribution in [0.4, 0.5) is 11.4 Å². The summed E-state index contributed by atoms with van der Waals surface area (Å²) in [5.74, 6) is 0.174. The number of hydrogen-bond donors (Lipinski definition) is 2. The molecular weight excluding hydrogens is 524 g/mol. The maximum absolute atomic E-state index is 12.3. The largest absolute Gasteiger partial charge is 0.495 e. The van der Waals surface area contributed by atoms with Crippen molar-refractivity contribution in [1.82, 2.24) is 0 Å². The maximum Gasteiger partial charge on any atom is 0.255 e. The molecule has 7 heteroatoms. The van der Waals surface area contributed by atoms with E-state index in [0.29, 0.717) is 22.7 Å². The number of halogens is 2. The van der Waals surface area contributed by atoms with Crippen molar-refractivity contribution in [3.8, 4) is 5.75 Å². The summed E-state index contributed by atoms with van der Waals surface area (Å²) in [7, 11) is 1.57. The Bertz CT molecular complexity index is 1140. The molecule has 3 aromatic rings. The van der Waals surface area contributed by atoms with Gasteiger partial charge >= 0.3 is 0 Å². The van der Waals surface area contributed by atoms with Crippen LogP contribution < -0.4 is 15.4 Å². The second-order valence-electron chi connectivity index (χ2n) is 6.73. The molecule has 3 rings (SSSR count). The summed E-state index contributed by atoms with van der Waals surface area (Å²) in [5.41, 5.74) is 3.63. The molecular formula is C24H20Br2N2O3. The molecule has 0 saturated heterocycles. The van der Waals surface area contributed by atoms with Gasteiger partial charge in [0.25, 0.3) is 5.91 Å². The number of aryl methyl sites for hydroxylation is 1.